The monoisotopic (exact) mass is 485 g/mol. The molecule has 1 fully saturated rings. The third-order valence-electron chi connectivity index (χ3n) is 7.06. The first-order chi connectivity index (χ1) is 17.5. The van der Waals surface area contributed by atoms with Gasteiger partial charge in [-0.05, 0) is 55.2 Å². The molecule has 186 valence electrons. The lowest BCUT2D eigenvalue weighted by molar-refractivity contribution is 0.0650. The van der Waals surface area contributed by atoms with Crippen LogP contribution in [0.5, 0.6) is 5.75 Å². The molecule has 7 heteroatoms. The number of aliphatic hydroxyl groups excluding tert-OH is 1. The van der Waals surface area contributed by atoms with Crippen molar-refractivity contribution in [2.75, 3.05) is 26.2 Å². The number of carbonyl (C=O) groups is 2. The highest BCUT2D eigenvalue weighted by Crippen LogP contribution is 2.29. The van der Waals surface area contributed by atoms with Crippen LogP contribution in [0.2, 0.25) is 0 Å². The first-order valence-electron chi connectivity index (χ1n) is 12.6. The molecular formula is C29H31N3O4. The van der Waals surface area contributed by atoms with Crippen LogP contribution in [0.3, 0.4) is 0 Å². The number of hydrogen-bond acceptors (Lipinski definition) is 5. The second-order valence-corrected chi connectivity index (χ2v) is 9.50. The molecule has 2 amide bonds. The Labute approximate surface area is 211 Å². The standard InChI is InChI=1S/C29H31N3O4/c1-2-3-17-36-23-9-10-27-26(18-23)21(19-30-15-11-22(33)12-16-30)20-31(27)13-6-14-32-28(34)24-7-4-5-8-25(24)29(32)35/h1,4-5,7-10,18,20,22,33H,3,6,11-17,19H2. The molecule has 2 aliphatic heterocycles. The summed E-state index contributed by atoms with van der Waals surface area (Å²) in [5, 5.41) is 11.0. The van der Waals surface area contributed by atoms with E-state index in [0.717, 1.165) is 49.1 Å². The number of piperidine rings is 1. The number of amides is 2. The Bertz CT molecular complexity index is 1280. The van der Waals surface area contributed by atoms with E-state index in [2.05, 4.69) is 33.7 Å². The van der Waals surface area contributed by atoms with Gasteiger partial charge in [-0.3, -0.25) is 19.4 Å². The third-order valence-corrected chi connectivity index (χ3v) is 7.06. The number of aromatic nitrogens is 1. The second-order valence-electron chi connectivity index (χ2n) is 9.50. The van der Waals surface area contributed by atoms with Crippen molar-refractivity contribution in [1.82, 2.24) is 14.4 Å². The van der Waals surface area contributed by atoms with Gasteiger partial charge in [0.25, 0.3) is 11.8 Å². The largest absolute Gasteiger partial charge is 0.493 e. The van der Waals surface area contributed by atoms with Gasteiger partial charge in [-0.15, -0.1) is 12.3 Å². The molecule has 0 aliphatic carbocycles. The molecule has 0 unspecified atom stereocenters. The van der Waals surface area contributed by atoms with E-state index >= 15 is 0 Å². The Kier molecular flexibility index (Phi) is 7.08. The van der Waals surface area contributed by atoms with Crippen LogP contribution in [0.25, 0.3) is 10.9 Å². The van der Waals surface area contributed by atoms with Gasteiger partial charge in [0.15, 0.2) is 0 Å². The van der Waals surface area contributed by atoms with E-state index in [0.29, 0.717) is 43.7 Å². The first-order valence-corrected chi connectivity index (χ1v) is 12.6. The van der Waals surface area contributed by atoms with Crippen molar-refractivity contribution in [3.05, 3.63) is 65.4 Å². The Morgan fingerprint density at radius 2 is 1.75 bits per heavy atom. The number of imide groups is 1. The van der Waals surface area contributed by atoms with Gasteiger partial charge in [0.1, 0.15) is 5.75 Å². The summed E-state index contributed by atoms with van der Waals surface area (Å²) >= 11 is 0. The molecule has 1 saturated heterocycles. The summed E-state index contributed by atoms with van der Waals surface area (Å²) < 4.78 is 8.05. The average molecular weight is 486 g/mol. The van der Waals surface area contributed by atoms with Crippen LogP contribution in [-0.2, 0) is 13.1 Å². The number of benzene rings is 2. The van der Waals surface area contributed by atoms with Gasteiger partial charge in [0.05, 0.1) is 23.8 Å². The smallest absolute Gasteiger partial charge is 0.261 e. The molecular weight excluding hydrogens is 454 g/mol. The first kappa shape index (κ1) is 24.1. The molecule has 1 N–H and O–H groups in total. The number of aryl methyl sites for hydroxylation is 1. The highest BCUT2D eigenvalue weighted by Gasteiger charge is 2.34. The molecule has 3 heterocycles. The van der Waals surface area contributed by atoms with E-state index in [1.165, 1.54) is 10.5 Å². The van der Waals surface area contributed by atoms with E-state index in [1.54, 1.807) is 24.3 Å². The van der Waals surface area contributed by atoms with E-state index in [4.69, 9.17) is 11.2 Å². The van der Waals surface area contributed by atoms with Crippen molar-refractivity contribution in [2.24, 2.45) is 0 Å². The lowest BCUT2D eigenvalue weighted by Crippen LogP contribution is -2.35. The molecule has 0 spiro atoms. The fourth-order valence-electron chi connectivity index (χ4n) is 5.14. The molecule has 0 bridgehead atoms. The number of nitrogens with zero attached hydrogens (tertiary/aromatic N) is 3. The van der Waals surface area contributed by atoms with Crippen LogP contribution in [0.1, 0.15) is 52.0 Å². The van der Waals surface area contributed by atoms with Crippen molar-refractivity contribution in [1.29, 1.82) is 0 Å². The van der Waals surface area contributed by atoms with E-state index in [9.17, 15) is 14.7 Å². The van der Waals surface area contributed by atoms with Gasteiger partial charge in [-0.25, -0.2) is 0 Å². The van der Waals surface area contributed by atoms with Crippen LogP contribution in [0.15, 0.2) is 48.7 Å². The summed E-state index contributed by atoms with van der Waals surface area (Å²) in [6.45, 7) is 4.06. The van der Waals surface area contributed by atoms with E-state index < -0.39 is 0 Å². The number of terminal acetylenes is 1. The van der Waals surface area contributed by atoms with Crippen LogP contribution >= 0.6 is 0 Å². The molecule has 36 heavy (non-hydrogen) atoms. The highest BCUT2D eigenvalue weighted by atomic mass is 16.5. The third kappa shape index (κ3) is 4.88. The Hall–Kier alpha value is -3.60. The number of ether oxygens (including phenoxy) is 1. The minimum atomic E-state index is -0.213. The van der Waals surface area contributed by atoms with E-state index in [1.807, 2.05) is 6.07 Å². The summed E-state index contributed by atoms with van der Waals surface area (Å²) in [6, 6.07) is 13.1. The number of carbonyl (C=O) groups excluding carboxylic acids is 2. The summed E-state index contributed by atoms with van der Waals surface area (Å²) in [7, 11) is 0. The Morgan fingerprint density at radius 3 is 2.44 bits per heavy atom. The van der Waals surface area contributed by atoms with Gasteiger partial charge in [-0.1, -0.05) is 12.1 Å². The van der Waals surface area contributed by atoms with Crippen molar-refractivity contribution in [3.63, 3.8) is 0 Å². The highest BCUT2D eigenvalue weighted by molar-refractivity contribution is 6.21. The topological polar surface area (TPSA) is 75.0 Å². The molecule has 0 saturated carbocycles. The molecule has 2 aliphatic rings. The maximum atomic E-state index is 12.7. The maximum absolute atomic E-state index is 12.7. The van der Waals surface area contributed by atoms with Crippen molar-refractivity contribution in [3.8, 4) is 18.1 Å². The summed E-state index contributed by atoms with van der Waals surface area (Å²) in [5.74, 6) is 2.96. The zero-order valence-corrected chi connectivity index (χ0v) is 20.4. The minimum Gasteiger partial charge on any atom is -0.493 e. The number of rotatable bonds is 9. The SMILES string of the molecule is C#CCCOc1ccc2c(c1)c(CN1CCC(O)CC1)cn2CCCN1C(=O)c2ccccc2C1=O. The maximum Gasteiger partial charge on any atom is 0.261 e. The molecule has 5 rings (SSSR count). The van der Waals surface area contributed by atoms with Crippen molar-refractivity contribution in [2.45, 2.75) is 44.9 Å². The van der Waals surface area contributed by atoms with Crippen LogP contribution in [0, 0.1) is 12.3 Å². The predicted octanol–water partition coefficient (Wildman–Crippen LogP) is 3.69. The second kappa shape index (κ2) is 10.6. The normalized spacial score (nSPS) is 16.5. The van der Waals surface area contributed by atoms with E-state index in [-0.39, 0.29) is 17.9 Å². The lowest BCUT2D eigenvalue weighted by Gasteiger charge is -2.29. The van der Waals surface area contributed by atoms with Gasteiger partial charge < -0.3 is 14.4 Å². The summed E-state index contributed by atoms with van der Waals surface area (Å²) in [5.41, 5.74) is 3.26. The van der Waals surface area contributed by atoms with Crippen molar-refractivity contribution >= 4 is 22.7 Å². The Balaban J connectivity index is 1.32. The molecule has 2 aromatic carbocycles. The Morgan fingerprint density at radius 1 is 1.03 bits per heavy atom. The molecule has 0 radical (unpaired) electrons. The molecule has 3 aromatic rings. The van der Waals surface area contributed by atoms with Gasteiger partial charge in [-0.2, -0.15) is 0 Å². The average Bonchev–Trinajstić information content (AvgIpc) is 3.35. The summed E-state index contributed by atoms with van der Waals surface area (Å²) in [4.78, 5) is 29.1. The number of likely N-dealkylation sites (tertiary alicyclic amines) is 1. The van der Waals surface area contributed by atoms with Gasteiger partial charge in [0, 0.05) is 56.2 Å². The van der Waals surface area contributed by atoms with Crippen LogP contribution < -0.4 is 4.74 Å². The molecule has 0 atom stereocenters. The zero-order chi connectivity index (χ0) is 25.1. The van der Waals surface area contributed by atoms with Crippen LogP contribution in [-0.4, -0.2) is 63.6 Å². The van der Waals surface area contributed by atoms with Gasteiger partial charge in [0.2, 0.25) is 0 Å². The number of hydrogen-bond donors (Lipinski definition) is 1. The van der Waals surface area contributed by atoms with Crippen LogP contribution in [0.4, 0.5) is 0 Å². The van der Waals surface area contributed by atoms with Crippen molar-refractivity contribution < 1.29 is 19.4 Å². The quantitative estimate of drug-likeness (QED) is 0.284. The lowest BCUT2D eigenvalue weighted by atomic mass is 10.1. The molecule has 7 nitrogen and oxygen atoms in total. The predicted molar refractivity (Wildman–Crippen MR) is 138 cm³/mol. The number of fused-ring (bicyclic) bond motifs is 2. The zero-order valence-electron chi connectivity index (χ0n) is 20.4. The fraction of sp³-hybridized carbons (Fsp3) is 0.379. The fourth-order valence-corrected chi connectivity index (χ4v) is 5.14. The number of aliphatic hydroxyl groups is 1. The minimum absolute atomic E-state index is 0.208. The molecule has 1 aromatic heterocycles. The van der Waals surface area contributed by atoms with Gasteiger partial charge >= 0.3 is 0 Å². The summed E-state index contributed by atoms with van der Waals surface area (Å²) in [6.07, 6.45) is 10.1.